The number of amides is 3. The third kappa shape index (κ3) is 4.87. The molecule has 3 atom stereocenters. The number of aromatic amines is 1. The summed E-state index contributed by atoms with van der Waals surface area (Å²) in [5, 5.41) is 19.0. The number of nitrogens with zero attached hydrogens (tertiary/aromatic N) is 1. The van der Waals surface area contributed by atoms with Crippen LogP contribution in [0.1, 0.15) is 66.9 Å². The van der Waals surface area contributed by atoms with Gasteiger partial charge >= 0.3 is 0 Å². The minimum absolute atomic E-state index is 0.0725. The lowest BCUT2D eigenvalue weighted by Crippen LogP contribution is -2.50. The molecule has 172 valence electrons. The van der Waals surface area contributed by atoms with Crippen LogP contribution in [-0.4, -0.2) is 41.3 Å². The molecular weight excluding hydrogens is 418 g/mol. The number of H-pyrrole nitrogens is 1. The Hall–Kier alpha value is -3.34. The van der Waals surface area contributed by atoms with Crippen LogP contribution in [0.2, 0.25) is 0 Å². The van der Waals surface area contributed by atoms with Crippen molar-refractivity contribution in [3.05, 3.63) is 35.5 Å². The zero-order valence-corrected chi connectivity index (χ0v) is 18.5. The summed E-state index contributed by atoms with van der Waals surface area (Å²) in [6.45, 7) is 0.600. The molecule has 3 aliphatic rings. The van der Waals surface area contributed by atoms with Crippen LogP contribution in [0.15, 0.2) is 24.3 Å². The molecule has 1 saturated heterocycles. The van der Waals surface area contributed by atoms with Gasteiger partial charge < -0.3 is 20.9 Å². The van der Waals surface area contributed by atoms with Crippen molar-refractivity contribution in [2.45, 2.75) is 62.9 Å². The third-order valence-electron chi connectivity index (χ3n) is 7.00. The summed E-state index contributed by atoms with van der Waals surface area (Å²) in [7, 11) is 0. The van der Waals surface area contributed by atoms with E-state index in [0.717, 1.165) is 23.7 Å². The molecule has 1 aromatic carbocycles. The molecule has 2 aromatic rings. The van der Waals surface area contributed by atoms with Gasteiger partial charge in [-0.2, -0.15) is 5.26 Å². The molecule has 0 spiro atoms. The molecule has 33 heavy (non-hydrogen) atoms. The summed E-state index contributed by atoms with van der Waals surface area (Å²) in [5.41, 5.74) is 2.63. The number of hydrogen-bond acceptors (Lipinski definition) is 4. The normalized spacial score (nSPS) is 21.8. The van der Waals surface area contributed by atoms with Crippen molar-refractivity contribution in [1.82, 2.24) is 20.9 Å². The fraction of sp³-hybridized carbons (Fsp3) is 0.520. The number of nitriles is 1. The Morgan fingerprint density at radius 3 is 2.61 bits per heavy atom. The van der Waals surface area contributed by atoms with Crippen LogP contribution >= 0.6 is 0 Å². The van der Waals surface area contributed by atoms with E-state index in [1.54, 1.807) is 0 Å². The van der Waals surface area contributed by atoms with Gasteiger partial charge in [0.25, 0.3) is 5.91 Å². The first-order valence-electron chi connectivity index (χ1n) is 11.9. The second-order valence-electron chi connectivity index (χ2n) is 9.67. The standard InChI is InChI=1S/C25H29N5O3/c26-13-17(11-16-8-9-27-23(16)31)28-24(32)21(10-14-4-5-14)30-25(33)22-12-19-18(15-6-7-15)2-1-3-20(19)29-22/h1-3,12,14-17,21,29H,4-11H2,(H,27,31)(H,28,32)(H,30,33). The molecule has 3 unspecified atom stereocenters. The van der Waals surface area contributed by atoms with E-state index in [-0.39, 0.29) is 30.1 Å². The maximum absolute atomic E-state index is 13.1. The number of rotatable bonds is 9. The van der Waals surface area contributed by atoms with E-state index in [4.69, 9.17) is 0 Å². The molecule has 2 saturated carbocycles. The number of nitrogens with one attached hydrogen (secondary N) is 4. The van der Waals surface area contributed by atoms with Gasteiger partial charge in [0, 0.05) is 23.4 Å². The Morgan fingerprint density at radius 2 is 1.94 bits per heavy atom. The Morgan fingerprint density at radius 1 is 1.12 bits per heavy atom. The van der Waals surface area contributed by atoms with Gasteiger partial charge in [0.15, 0.2) is 0 Å². The quantitative estimate of drug-likeness (QED) is 0.471. The van der Waals surface area contributed by atoms with Crippen molar-refractivity contribution < 1.29 is 14.4 Å². The first kappa shape index (κ1) is 21.5. The predicted molar refractivity (Wildman–Crippen MR) is 122 cm³/mol. The van der Waals surface area contributed by atoms with Gasteiger partial charge in [-0.25, -0.2) is 0 Å². The second-order valence-corrected chi connectivity index (χ2v) is 9.67. The van der Waals surface area contributed by atoms with Gasteiger partial charge in [0.1, 0.15) is 17.8 Å². The summed E-state index contributed by atoms with van der Waals surface area (Å²) in [6, 6.07) is 8.58. The van der Waals surface area contributed by atoms with Crippen molar-refractivity contribution >= 4 is 28.6 Å². The van der Waals surface area contributed by atoms with E-state index in [1.807, 2.05) is 18.2 Å². The summed E-state index contributed by atoms with van der Waals surface area (Å²) in [6.07, 6.45) is 5.94. The topological polar surface area (TPSA) is 127 Å². The number of carbonyl (C=O) groups excluding carboxylic acids is 3. The van der Waals surface area contributed by atoms with E-state index in [0.29, 0.717) is 36.9 Å². The van der Waals surface area contributed by atoms with Gasteiger partial charge in [-0.05, 0) is 61.6 Å². The van der Waals surface area contributed by atoms with Gasteiger partial charge in [0.05, 0.1) is 6.07 Å². The van der Waals surface area contributed by atoms with E-state index < -0.39 is 12.1 Å². The second kappa shape index (κ2) is 8.89. The highest BCUT2D eigenvalue weighted by molar-refractivity contribution is 6.01. The first-order valence-corrected chi connectivity index (χ1v) is 11.9. The molecule has 1 aliphatic heterocycles. The zero-order chi connectivity index (χ0) is 22.9. The molecule has 5 rings (SSSR count). The van der Waals surface area contributed by atoms with Gasteiger partial charge in [-0.1, -0.05) is 25.0 Å². The summed E-state index contributed by atoms with van der Waals surface area (Å²) < 4.78 is 0. The van der Waals surface area contributed by atoms with Gasteiger partial charge in [0.2, 0.25) is 11.8 Å². The van der Waals surface area contributed by atoms with Crippen LogP contribution in [0.4, 0.5) is 0 Å². The molecule has 0 radical (unpaired) electrons. The average Bonchev–Trinajstić information content (AvgIpc) is 3.73. The van der Waals surface area contributed by atoms with E-state index >= 15 is 0 Å². The minimum atomic E-state index is -0.765. The first-order chi connectivity index (χ1) is 16.0. The maximum Gasteiger partial charge on any atom is 0.268 e. The maximum atomic E-state index is 13.1. The van der Waals surface area contributed by atoms with Gasteiger partial charge in [-0.15, -0.1) is 0 Å². The summed E-state index contributed by atoms with van der Waals surface area (Å²) in [5.74, 6) is -0.0485. The fourth-order valence-electron chi connectivity index (χ4n) is 4.78. The van der Waals surface area contributed by atoms with Gasteiger partial charge in [-0.3, -0.25) is 14.4 Å². The Bertz CT molecular complexity index is 1120. The molecule has 1 aromatic heterocycles. The van der Waals surface area contributed by atoms with Crippen LogP contribution in [0.25, 0.3) is 10.9 Å². The third-order valence-corrected chi connectivity index (χ3v) is 7.00. The molecule has 8 heteroatoms. The van der Waals surface area contributed by atoms with Crippen molar-refractivity contribution in [2.75, 3.05) is 6.54 Å². The SMILES string of the molecule is N#CC(CC1CCNC1=O)NC(=O)C(CC1CC1)NC(=O)c1cc2c(C3CC3)cccc2[nH]1. The van der Waals surface area contributed by atoms with Crippen LogP contribution in [0, 0.1) is 23.2 Å². The van der Waals surface area contributed by atoms with Crippen LogP contribution in [-0.2, 0) is 9.59 Å². The number of aromatic nitrogens is 1. The molecule has 8 nitrogen and oxygen atoms in total. The molecular formula is C25H29N5O3. The highest BCUT2D eigenvalue weighted by atomic mass is 16.2. The van der Waals surface area contributed by atoms with Crippen molar-refractivity contribution in [3.8, 4) is 6.07 Å². The predicted octanol–water partition coefficient (Wildman–Crippen LogP) is 2.48. The number of benzene rings is 1. The van der Waals surface area contributed by atoms with Crippen molar-refractivity contribution in [1.29, 1.82) is 5.26 Å². The van der Waals surface area contributed by atoms with Crippen LogP contribution in [0.3, 0.4) is 0 Å². The molecule has 4 N–H and O–H groups in total. The number of hydrogen-bond donors (Lipinski definition) is 4. The fourth-order valence-corrected chi connectivity index (χ4v) is 4.78. The van der Waals surface area contributed by atoms with Crippen LogP contribution < -0.4 is 16.0 Å². The Kier molecular flexibility index (Phi) is 5.79. The summed E-state index contributed by atoms with van der Waals surface area (Å²) in [4.78, 5) is 41.1. The number of carbonyl (C=O) groups is 3. The van der Waals surface area contributed by atoms with E-state index in [9.17, 15) is 19.6 Å². The summed E-state index contributed by atoms with van der Waals surface area (Å²) >= 11 is 0. The Labute approximate surface area is 192 Å². The van der Waals surface area contributed by atoms with Crippen molar-refractivity contribution in [3.63, 3.8) is 0 Å². The Balaban J connectivity index is 1.27. The minimum Gasteiger partial charge on any atom is -0.356 e. The monoisotopic (exact) mass is 447 g/mol. The van der Waals surface area contributed by atoms with Crippen LogP contribution in [0.5, 0.6) is 0 Å². The lowest BCUT2D eigenvalue weighted by Gasteiger charge is -2.21. The molecule has 0 bridgehead atoms. The highest BCUT2D eigenvalue weighted by Gasteiger charge is 2.34. The lowest BCUT2D eigenvalue weighted by atomic mass is 9.98. The van der Waals surface area contributed by atoms with E-state index in [1.165, 1.54) is 18.4 Å². The number of fused-ring (bicyclic) bond motifs is 1. The molecule has 2 heterocycles. The average molecular weight is 448 g/mol. The largest absolute Gasteiger partial charge is 0.356 e. The van der Waals surface area contributed by atoms with Crippen molar-refractivity contribution in [2.24, 2.45) is 11.8 Å². The highest BCUT2D eigenvalue weighted by Crippen LogP contribution is 2.43. The molecule has 3 amide bonds. The smallest absolute Gasteiger partial charge is 0.268 e. The molecule has 3 fully saturated rings. The van der Waals surface area contributed by atoms with E-state index in [2.05, 4.69) is 33.1 Å². The lowest BCUT2D eigenvalue weighted by molar-refractivity contribution is -0.125. The zero-order valence-electron chi connectivity index (χ0n) is 18.5. The molecule has 2 aliphatic carbocycles.